The third-order valence-electron chi connectivity index (χ3n) is 5.48. The average Bonchev–Trinajstić information content (AvgIpc) is 3.12. The van der Waals surface area contributed by atoms with E-state index in [2.05, 4.69) is 39.7 Å². The highest BCUT2D eigenvalue weighted by molar-refractivity contribution is 7.99. The fourth-order valence-electron chi connectivity index (χ4n) is 3.96. The quantitative estimate of drug-likeness (QED) is 0.578. The van der Waals surface area contributed by atoms with Gasteiger partial charge in [0.15, 0.2) is 5.16 Å². The highest BCUT2D eigenvalue weighted by Crippen LogP contribution is 2.30. The molecular formula is C22H26N4OS. The number of thioether (sulfide) groups is 1. The van der Waals surface area contributed by atoms with E-state index in [1.807, 2.05) is 11.0 Å². The number of piperazine rings is 1. The second-order valence-corrected chi connectivity index (χ2v) is 8.26. The number of aromatic nitrogens is 2. The minimum atomic E-state index is 0.186. The van der Waals surface area contributed by atoms with Crippen LogP contribution in [0.1, 0.15) is 24.2 Å². The van der Waals surface area contributed by atoms with Crippen molar-refractivity contribution in [2.45, 2.75) is 30.8 Å². The number of para-hydroxylation sites is 1. The molecule has 1 aliphatic carbocycles. The maximum atomic E-state index is 12.7. The van der Waals surface area contributed by atoms with E-state index in [0.29, 0.717) is 12.3 Å². The van der Waals surface area contributed by atoms with Crippen molar-refractivity contribution >= 4 is 17.7 Å². The number of carbonyl (C=O) groups is 1. The number of hydrogen-bond donors (Lipinski definition) is 0. The Balaban J connectivity index is 1.46. The molecule has 4 rings (SSSR count). The maximum absolute atomic E-state index is 12.7. The number of hydrogen-bond acceptors (Lipinski definition) is 4. The van der Waals surface area contributed by atoms with Gasteiger partial charge in [-0.05, 0) is 37.8 Å². The number of imidazole rings is 1. The van der Waals surface area contributed by atoms with E-state index in [1.165, 1.54) is 24.2 Å². The van der Waals surface area contributed by atoms with Crippen molar-refractivity contribution in [2.24, 2.45) is 0 Å². The summed E-state index contributed by atoms with van der Waals surface area (Å²) in [7, 11) is 0. The highest BCUT2D eigenvalue weighted by Gasteiger charge is 2.24. The van der Waals surface area contributed by atoms with E-state index in [0.717, 1.165) is 49.9 Å². The van der Waals surface area contributed by atoms with Crippen molar-refractivity contribution in [1.82, 2.24) is 19.4 Å². The Kier molecular flexibility index (Phi) is 6.04. The lowest BCUT2D eigenvalue weighted by molar-refractivity contribution is -0.129. The minimum absolute atomic E-state index is 0.186. The number of rotatable bonds is 5. The molecule has 1 fully saturated rings. The number of terminal acetylenes is 1. The summed E-state index contributed by atoms with van der Waals surface area (Å²) >= 11 is 1.56. The first-order chi connectivity index (χ1) is 13.8. The summed E-state index contributed by atoms with van der Waals surface area (Å²) < 4.78 is 2.26. The predicted octanol–water partition coefficient (Wildman–Crippen LogP) is 2.62. The van der Waals surface area contributed by atoms with Crippen molar-refractivity contribution in [2.75, 3.05) is 38.5 Å². The Bertz CT molecular complexity index is 863. The van der Waals surface area contributed by atoms with Crippen molar-refractivity contribution in [1.29, 1.82) is 0 Å². The van der Waals surface area contributed by atoms with Crippen LogP contribution in [0.5, 0.6) is 0 Å². The van der Waals surface area contributed by atoms with Gasteiger partial charge in [-0.1, -0.05) is 35.9 Å². The number of fused-ring (bicyclic) bond motifs is 1. The van der Waals surface area contributed by atoms with Gasteiger partial charge in [-0.2, -0.15) is 0 Å². The molecular weight excluding hydrogens is 368 g/mol. The zero-order chi connectivity index (χ0) is 19.3. The number of amides is 1. The smallest absolute Gasteiger partial charge is 0.233 e. The van der Waals surface area contributed by atoms with Gasteiger partial charge < -0.3 is 4.90 Å². The lowest BCUT2D eigenvalue weighted by Crippen LogP contribution is -2.49. The zero-order valence-electron chi connectivity index (χ0n) is 16.1. The molecule has 1 amide bonds. The van der Waals surface area contributed by atoms with Gasteiger partial charge in [0.25, 0.3) is 0 Å². The normalized spacial score (nSPS) is 17.2. The summed E-state index contributed by atoms with van der Waals surface area (Å²) in [5.74, 6) is 3.30. The van der Waals surface area contributed by atoms with E-state index in [-0.39, 0.29) is 5.91 Å². The van der Waals surface area contributed by atoms with E-state index in [1.54, 1.807) is 11.8 Å². The Morgan fingerprint density at radius 1 is 1.11 bits per heavy atom. The lowest BCUT2D eigenvalue weighted by Gasteiger charge is -2.33. The third-order valence-corrected chi connectivity index (χ3v) is 6.40. The van der Waals surface area contributed by atoms with Crippen LogP contribution >= 0.6 is 11.8 Å². The maximum Gasteiger partial charge on any atom is 0.233 e. The standard InChI is InChI=1S/C22H26N4OS/c1-2-12-24-13-15-25(16-14-24)21(27)17-28-22-23-19-10-6-7-11-20(19)26(22)18-8-4-3-5-9-18/h1,3-5,8-9H,6-7,10-17H2. The van der Waals surface area contributed by atoms with Crippen LogP contribution < -0.4 is 0 Å². The highest BCUT2D eigenvalue weighted by atomic mass is 32.2. The molecule has 5 nitrogen and oxygen atoms in total. The van der Waals surface area contributed by atoms with E-state index >= 15 is 0 Å². The van der Waals surface area contributed by atoms with E-state index < -0.39 is 0 Å². The molecule has 0 bridgehead atoms. The number of benzene rings is 1. The summed E-state index contributed by atoms with van der Waals surface area (Å²) in [5, 5.41) is 0.942. The fourth-order valence-corrected chi connectivity index (χ4v) is 4.91. The lowest BCUT2D eigenvalue weighted by atomic mass is 10.0. The largest absolute Gasteiger partial charge is 0.339 e. The SMILES string of the molecule is C#CCN1CCN(C(=O)CSc2nc3c(n2-c2ccccc2)CCCC3)CC1. The van der Waals surface area contributed by atoms with Gasteiger partial charge in [0.1, 0.15) is 0 Å². The molecule has 146 valence electrons. The third kappa shape index (κ3) is 4.11. The Morgan fingerprint density at radius 2 is 1.86 bits per heavy atom. The van der Waals surface area contributed by atoms with Crippen molar-refractivity contribution in [3.8, 4) is 18.0 Å². The predicted molar refractivity (Wildman–Crippen MR) is 113 cm³/mol. The van der Waals surface area contributed by atoms with Crippen LogP contribution in [0.25, 0.3) is 5.69 Å². The minimum Gasteiger partial charge on any atom is -0.339 e. The van der Waals surface area contributed by atoms with Gasteiger partial charge >= 0.3 is 0 Å². The zero-order valence-corrected chi connectivity index (χ0v) is 17.0. The Labute approximate surface area is 171 Å². The van der Waals surface area contributed by atoms with Crippen LogP contribution in [0.3, 0.4) is 0 Å². The van der Waals surface area contributed by atoms with Gasteiger partial charge in [0.05, 0.1) is 18.0 Å². The number of aryl methyl sites for hydroxylation is 1. The summed E-state index contributed by atoms with van der Waals surface area (Å²) in [4.78, 5) is 21.8. The average molecular weight is 395 g/mol. The first-order valence-electron chi connectivity index (χ1n) is 9.98. The van der Waals surface area contributed by atoms with Crippen molar-refractivity contribution in [3.63, 3.8) is 0 Å². The second-order valence-electron chi connectivity index (χ2n) is 7.32. The van der Waals surface area contributed by atoms with Gasteiger partial charge in [0, 0.05) is 37.6 Å². The number of nitrogens with zero attached hydrogens (tertiary/aromatic N) is 4. The van der Waals surface area contributed by atoms with Crippen molar-refractivity contribution in [3.05, 3.63) is 41.7 Å². The van der Waals surface area contributed by atoms with Gasteiger partial charge in [-0.3, -0.25) is 14.3 Å². The molecule has 0 radical (unpaired) electrons. The van der Waals surface area contributed by atoms with Crippen LogP contribution in [0.15, 0.2) is 35.5 Å². The molecule has 1 aromatic carbocycles. The molecule has 6 heteroatoms. The molecule has 2 aliphatic rings. The molecule has 0 N–H and O–H groups in total. The fraction of sp³-hybridized carbons (Fsp3) is 0.455. The summed E-state index contributed by atoms with van der Waals surface area (Å²) in [6, 6.07) is 10.4. The summed E-state index contributed by atoms with van der Waals surface area (Å²) in [6.45, 7) is 3.88. The molecule has 0 saturated carbocycles. The Hall–Kier alpha value is -2.23. The van der Waals surface area contributed by atoms with Gasteiger partial charge in [-0.25, -0.2) is 4.98 Å². The summed E-state index contributed by atoms with van der Waals surface area (Å²) in [5.41, 5.74) is 3.65. The van der Waals surface area contributed by atoms with E-state index in [9.17, 15) is 4.79 Å². The Morgan fingerprint density at radius 3 is 2.61 bits per heavy atom. The molecule has 0 atom stereocenters. The first-order valence-corrected chi connectivity index (χ1v) is 11.0. The molecule has 1 saturated heterocycles. The van der Waals surface area contributed by atoms with Crippen LogP contribution in [0.2, 0.25) is 0 Å². The molecule has 2 heterocycles. The van der Waals surface area contributed by atoms with Gasteiger partial charge in [-0.15, -0.1) is 6.42 Å². The van der Waals surface area contributed by atoms with Crippen LogP contribution in [0, 0.1) is 12.3 Å². The monoisotopic (exact) mass is 394 g/mol. The number of carbonyl (C=O) groups excluding carboxylic acids is 1. The molecule has 1 aromatic heterocycles. The van der Waals surface area contributed by atoms with Gasteiger partial charge in [0.2, 0.25) is 5.91 Å². The second kappa shape index (κ2) is 8.85. The van der Waals surface area contributed by atoms with E-state index in [4.69, 9.17) is 11.4 Å². The van der Waals surface area contributed by atoms with Crippen LogP contribution in [0.4, 0.5) is 0 Å². The molecule has 0 spiro atoms. The molecule has 2 aromatic rings. The van der Waals surface area contributed by atoms with Crippen molar-refractivity contribution < 1.29 is 4.79 Å². The topological polar surface area (TPSA) is 41.4 Å². The summed E-state index contributed by atoms with van der Waals surface area (Å²) in [6.07, 6.45) is 9.88. The van der Waals surface area contributed by atoms with Crippen LogP contribution in [-0.2, 0) is 17.6 Å². The first kappa shape index (κ1) is 19.1. The molecule has 28 heavy (non-hydrogen) atoms. The molecule has 1 aliphatic heterocycles. The molecule has 0 unspecified atom stereocenters. The van der Waals surface area contributed by atoms with Crippen LogP contribution in [-0.4, -0.2) is 63.7 Å².